The molecule has 2 fully saturated rings. The van der Waals surface area contributed by atoms with E-state index in [4.69, 9.17) is 18.9 Å². The summed E-state index contributed by atoms with van der Waals surface area (Å²) in [5.74, 6) is 1.78. The molecule has 9 nitrogen and oxygen atoms in total. The summed E-state index contributed by atoms with van der Waals surface area (Å²) in [4.78, 5) is 31.8. The van der Waals surface area contributed by atoms with Gasteiger partial charge in [-0.2, -0.15) is 0 Å². The van der Waals surface area contributed by atoms with Crippen molar-refractivity contribution in [3.8, 4) is 17.2 Å². The van der Waals surface area contributed by atoms with Crippen molar-refractivity contribution in [3.63, 3.8) is 0 Å². The number of nitrogens with zero attached hydrogens (tertiary/aromatic N) is 3. The highest BCUT2D eigenvalue weighted by Crippen LogP contribution is 2.28. The lowest BCUT2D eigenvalue weighted by Crippen LogP contribution is -2.50. The van der Waals surface area contributed by atoms with Gasteiger partial charge < -0.3 is 28.7 Å². The second-order valence-electron chi connectivity index (χ2n) is 8.95. The van der Waals surface area contributed by atoms with E-state index >= 15 is 0 Å². The summed E-state index contributed by atoms with van der Waals surface area (Å²) in [5.41, 5.74) is 0.565. The van der Waals surface area contributed by atoms with Crippen LogP contribution in [0.25, 0.3) is 0 Å². The molecule has 0 unspecified atom stereocenters. The summed E-state index contributed by atoms with van der Waals surface area (Å²) in [7, 11) is 3.13. The number of carbonyl (C=O) groups excluding carboxylic acids is 2. The zero-order valence-corrected chi connectivity index (χ0v) is 21.1. The van der Waals surface area contributed by atoms with Crippen molar-refractivity contribution < 1.29 is 28.5 Å². The van der Waals surface area contributed by atoms with Crippen LogP contribution in [-0.2, 0) is 9.53 Å². The Morgan fingerprint density at radius 3 is 2.50 bits per heavy atom. The largest absolute Gasteiger partial charge is 0.493 e. The predicted octanol–water partition coefficient (Wildman–Crippen LogP) is 2.16. The van der Waals surface area contributed by atoms with Crippen LogP contribution in [0.2, 0.25) is 0 Å². The van der Waals surface area contributed by atoms with Crippen LogP contribution >= 0.6 is 0 Å². The molecule has 0 N–H and O–H groups in total. The van der Waals surface area contributed by atoms with E-state index in [2.05, 4.69) is 4.90 Å². The topological polar surface area (TPSA) is 80.8 Å². The maximum absolute atomic E-state index is 13.1. The number of carbonyl (C=O) groups is 2. The Morgan fingerprint density at radius 1 is 0.917 bits per heavy atom. The lowest BCUT2D eigenvalue weighted by molar-refractivity contribution is -0.133. The maximum Gasteiger partial charge on any atom is 0.260 e. The Morgan fingerprint density at radius 2 is 1.72 bits per heavy atom. The van der Waals surface area contributed by atoms with Gasteiger partial charge in [-0.1, -0.05) is 18.2 Å². The maximum atomic E-state index is 13.1. The number of rotatable bonds is 8. The first-order chi connectivity index (χ1) is 17.6. The summed E-state index contributed by atoms with van der Waals surface area (Å²) < 4.78 is 22.3. The lowest BCUT2D eigenvalue weighted by atomic mass is 10.1. The SMILES string of the molecule is COc1ccc(C(=O)N2CCO[C@H](CN3CCCN(C(=O)COc4ccccc4)CC3)C2)cc1OC. The van der Waals surface area contributed by atoms with E-state index < -0.39 is 0 Å². The van der Waals surface area contributed by atoms with Crippen molar-refractivity contribution in [3.05, 3.63) is 54.1 Å². The number of para-hydroxylation sites is 1. The van der Waals surface area contributed by atoms with E-state index in [1.165, 1.54) is 0 Å². The monoisotopic (exact) mass is 497 g/mol. The minimum Gasteiger partial charge on any atom is -0.493 e. The Labute approximate surface area is 212 Å². The van der Waals surface area contributed by atoms with Gasteiger partial charge in [0.05, 0.1) is 26.9 Å². The molecule has 36 heavy (non-hydrogen) atoms. The molecule has 0 radical (unpaired) electrons. The number of morpholine rings is 1. The van der Waals surface area contributed by atoms with Crippen LogP contribution in [-0.4, -0.2) is 106 Å². The second kappa shape index (κ2) is 12.6. The van der Waals surface area contributed by atoms with Crippen LogP contribution in [0.5, 0.6) is 17.2 Å². The number of amides is 2. The third-order valence-corrected chi connectivity index (χ3v) is 6.57. The fraction of sp³-hybridized carbons (Fsp3) is 0.481. The highest BCUT2D eigenvalue weighted by Gasteiger charge is 2.28. The first-order valence-corrected chi connectivity index (χ1v) is 12.4. The third-order valence-electron chi connectivity index (χ3n) is 6.57. The van der Waals surface area contributed by atoms with Crippen molar-refractivity contribution in [2.45, 2.75) is 12.5 Å². The summed E-state index contributed by atoms with van der Waals surface area (Å²) >= 11 is 0. The van der Waals surface area contributed by atoms with Gasteiger partial charge in [0.25, 0.3) is 11.8 Å². The first kappa shape index (κ1) is 25.8. The quantitative estimate of drug-likeness (QED) is 0.553. The van der Waals surface area contributed by atoms with E-state index in [9.17, 15) is 9.59 Å². The Balaban J connectivity index is 1.26. The van der Waals surface area contributed by atoms with Gasteiger partial charge in [0.15, 0.2) is 18.1 Å². The van der Waals surface area contributed by atoms with Gasteiger partial charge >= 0.3 is 0 Å². The molecule has 9 heteroatoms. The van der Waals surface area contributed by atoms with Crippen LogP contribution < -0.4 is 14.2 Å². The molecule has 2 aromatic rings. The molecule has 0 bridgehead atoms. The fourth-order valence-electron chi connectivity index (χ4n) is 4.61. The smallest absolute Gasteiger partial charge is 0.260 e. The third kappa shape index (κ3) is 6.67. The van der Waals surface area contributed by atoms with E-state index in [0.29, 0.717) is 55.6 Å². The van der Waals surface area contributed by atoms with Crippen LogP contribution in [0, 0.1) is 0 Å². The average Bonchev–Trinajstić information content (AvgIpc) is 3.17. The molecule has 0 spiro atoms. The van der Waals surface area contributed by atoms with Crippen LogP contribution in [0.1, 0.15) is 16.8 Å². The zero-order valence-electron chi connectivity index (χ0n) is 21.1. The summed E-state index contributed by atoms with van der Waals surface area (Å²) in [6.45, 7) is 5.35. The van der Waals surface area contributed by atoms with Crippen molar-refractivity contribution in [2.75, 3.05) is 73.2 Å². The zero-order chi connectivity index (χ0) is 25.3. The molecule has 2 aliphatic heterocycles. The van der Waals surface area contributed by atoms with Crippen molar-refractivity contribution in [2.24, 2.45) is 0 Å². The van der Waals surface area contributed by atoms with Gasteiger partial charge in [-0.3, -0.25) is 14.5 Å². The molecule has 2 aliphatic rings. The lowest BCUT2D eigenvalue weighted by Gasteiger charge is -2.35. The van der Waals surface area contributed by atoms with Crippen LogP contribution in [0.3, 0.4) is 0 Å². The first-order valence-electron chi connectivity index (χ1n) is 12.4. The molecule has 194 valence electrons. The normalized spacial score (nSPS) is 18.9. The standard InChI is InChI=1S/C27H35N3O6/c1-33-24-10-9-21(17-25(24)34-2)27(32)30-15-16-35-23(19-30)18-28-11-6-12-29(14-13-28)26(31)20-36-22-7-4-3-5-8-22/h3-5,7-10,17,23H,6,11-16,18-20H2,1-2H3/t23-/m1/s1. The highest BCUT2D eigenvalue weighted by atomic mass is 16.5. The molecule has 4 rings (SSSR count). The molecule has 0 saturated carbocycles. The molecule has 2 heterocycles. The van der Waals surface area contributed by atoms with E-state index in [1.807, 2.05) is 40.1 Å². The molecule has 2 saturated heterocycles. The number of hydrogen-bond acceptors (Lipinski definition) is 7. The molecule has 0 aliphatic carbocycles. The molecule has 1 atom stereocenters. The fourth-order valence-corrected chi connectivity index (χ4v) is 4.61. The number of hydrogen-bond donors (Lipinski definition) is 0. The van der Waals surface area contributed by atoms with Crippen molar-refractivity contribution >= 4 is 11.8 Å². The second-order valence-corrected chi connectivity index (χ2v) is 8.95. The molecular weight excluding hydrogens is 462 g/mol. The average molecular weight is 498 g/mol. The summed E-state index contributed by atoms with van der Waals surface area (Å²) in [6, 6.07) is 14.6. The summed E-state index contributed by atoms with van der Waals surface area (Å²) in [5, 5.41) is 0. The van der Waals surface area contributed by atoms with Gasteiger partial charge in [-0.15, -0.1) is 0 Å². The predicted molar refractivity (Wildman–Crippen MR) is 135 cm³/mol. The van der Waals surface area contributed by atoms with Gasteiger partial charge in [0.1, 0.15) is 5.75 Å². The van der Waals surface area contributed by atoms with Gasteiger partial charge in [0, 0.05) is 44.8 Å². The van der Waals surface area contributed by atoms with Gasteiger partial charge in [0.2, 0.25) is 0 Å². The number of methoxy groups -OCH3 is 2. The molecule has 2 aromatic carbocycles. The minimum atomic E-state index is -0.0773. The molecular formula is C27H35N3O6. The number of benzene rings is 2. The molecule has 2 amide bonds. The Bertz CT molecular complexity index is 1020. The molecule has 0 aromatic heterocycles. The van der Waals surface area contributed by atoms with Gasteiger partial charge in [-0.05, 0) is 43.3 Å². The number of ether oxygens (including phenoxy) is 4. The highest BCUT2D eigenvalue weighted by molar-refractivity contribution is 5.95. The Hall–Kier alpha value is -3.30. The minimum absolute atomic E-state index is 0.00121. The summed E-state index contributed by atoms with van der Waals surface area (Å²) in [6.07, 6.45) is 0.810. The van der Waals surface area contributed by atoms with Gasteiger partial charge in [-0.25, -0.2) is 0 Å². The van der Waals surface area contributed by atoms with E-state index in [0.717, 1.165) is 26.1 Å². The van der Waals surface area contributed by atoms with Crippen molar-refractivity contribution in [1.29, 1.82) is 0 Å². The van der Waals surface area contributed by atoms with E-state index in [1.54, 1.807) is 32.4 Å². The Kier molecular flexibility index (Phi) is 9.02. The van der Waals surface area contributed by atoms with Crippen LogP contribution in [0.4, 0.5) is 0 Å². The van der Waals surface area contributed by atoms with Crippen LogP contribution in [0.15, 0.2) is 48.5 Å². The van der Waals surface area contributed by atoms with E-state index in [-0.39, 0.29) is 24.5 Å². The van der Waals surface area contributed by atoms with Crippen molar-refractivity contribution in [1.82, 2.24) is 14.7 Å².